The Hall–Kier alpha value is -0.340. The third kappa shape index (κ3) is 3.12. The third-order valence-electron chi connectivity index (χ3n) is 6.50. The molecule has 0 aromatic heterocycles. The van der Waals surface area contributed by atoms with Crippen molar-refractivity contribution in [2.45, 2.75) is 31.5 Å². The van der Waals surface area contributed by atoms with Crippen LogP contribution in [0.2, 0.25) is 10.3 Å². The molecule has 0 bridgehead atoms. The zero-order valence-corrected chi connectivity index (χ0v) is 22.8. The maximum atomic E-state index is 2.71. The van der Waals surface area contributed by atoms with E-state index in [2.05, 4.69) is 96.0 Å². The molecule has 0 heterocycles. The van der Waals surface area contributed by atoms with Crippen LogP contribution >= 0.6 is 0 Å². The van der Waals surface area contributed by atoms with E-state index in [1.165, 1.54) is 11.1 Å². The standard InChI is InChI=1S/2C9H7.C3H6.2CH3.2Hf/c2*1-2-5-9-7-3-6-8(9)4-1;1-3-2;;;;/h2*1-7H;1-2H3;2*1H3;;. The molecule has 126 valence electrons. The quantitative estimate of drug-likeness (QED) is 0.310. The van der Waals surface area contributed by atoms with Gasteiger partial charge in [0.25, 0.3) is 0 Å². The van der Waals surface area contributed by atoms with Gasteiger partial charge in [-0.3, -0.25) is 0 Å². The average Bonchev–Trinajstić information content (AvgIpc) is 3.24. The van der Waals surface area contributed by atoms with Crippen molar-refractivity contribution in [1.29, 1.82) is 0 Å². The molecule has 0 saturated carbocycles. The molecule has 0 N–H and O–H groups in total. The van der Waals surface area contributed by atoms with Crippen LogP contribution in [0.3, 0.4) is 0 Å². The van der Waals surface area contributed by atoms with Crippen molar-refractivity contribution in [1.82, 2.24) is 0 Å². The molecule has 0 aliphatic heterocycles. The summed E-state index contributed by atoms with van der Waals surface area (Å²) < 4.78 is 7.66. The topological polar surface area (TPSA) is 0 Å². The SMILES string of the molecule is [CH3][Hf]([CH]1C=Cc2ccccc21)[C](C)(C)[Hf]([CH3])[CH]1C=Cc2ccccc21. The van der Waals surface area contributed by atoms with Crippen molar-refractivity contribution < 1.29 is 42.9 Å². The van der Waals surface area contributed by atoms with Crippen molar-refractivity contribution in [2.75, 3.05) is 0 Å². The van der Waals surface area contributed by atoms with E-state index in [0.717, 1.165) is 7.35 Å². The summed E-state index contributed by atoms with van der Waals surface area (Å²) in [5, 5.41) is 0. The number of allylic oxidation sites excluding steroid dienone is 2. The molecule has 25 heavy (non-hydrogen) atoms. The molecule has 0 spiro atoms. The number of fused-ring (bicyclic) bond motifs is 2. The van der Waals surface area contributed by atoms with E-state index in [1.807, 2.05) is 0 Å². The van der Waals surface area contributed by atoms with E-state index in [9.17, 15) is 0 Å². The van der Waals surface area contributed by atoms with E-state index in [4.69, 9.17) is 0 Å². The zero-order chi connectivity index (χ0) is 17.6. The van der Waals surface area contributed by atoms with Crippen LogP contribution in [0, 0.1) is 0 Å². The Morgan fingerprint density at radius 1 is 0.680 bits per heavy atom. The van der Waals surface area contributed by atoms with Gasteiger partial charge in [-0.05, 0) is 0 Å². The molecular weight excluding hydrogens is 633 g/mol. The zero-order valence-electron chi connectivity index (χ0n) is 15.6. The number of rotatable bonds is 4. The van der Waals surface area contributed by atoms with Crippen LogP contribution in [0.4, 0.5) is 0 Å². The fourth-order valence-corrected chi connectivity index (χ4v) is 47.6. The molecule has 2 heteroatoms. The van der Waals surface area contributed by atoms with E-state index in [0.29, 0.717) is 0.928 Å². The summed E-state index contributed by atoms with van der Waals surface area (Å²) >= 11 is -3.66. The fraction of sp³-hybridized carbons (Fsp3) is 0.304. The first-order valence-electron chi connectivity index (χ1n) is 9.22. The van der Waals surface area contributed by atoms with Gasteiger partial charge in [0.05, 0.1) is 0 Å². The Morgan fingerprint density at radius 2 is 1.08 bits per heavy atom. The van der Waals surface area contributed by atoms with Crippen LogP contribution in [0.15, 0.2) is 60.7 Å². The summed E-state index contributed by atoms with van der Waals surface area (Å²) in [4.78, 5) is 0. The van der Waals surface area contributed by atoms with Gasteiger partial charge in [0.2, 0.25) is 0 Å². The van der Waals surface area contributed by atoms with Gasteiger partial charge in [0.1, 0.15) is 0 Å². The molecule has 0 nitrogen and oxygen atoms in total. The summed E-state index contributed by atoms with van der Waals surface area (Å²) in [5.41, 5.74) is 6.20. The van der Waals surface area contributed by atoms with E-state index < -0.39 is 42.9 Å². The molecule has 2 aliphatic rings. The van der Waals surface area contributed by atoms with Gasteiger partial charge in [0, 0.05) is 0 Å². The second-order valence-corrected chi connectivity index (χ2v) is 37.6. The summed E-state index contributed by atoms with van der Waals surface area (Å²) in [7, 11) is 0. The third-order valence-corrected chi connectivity index (χ3v) is 54.2. The van der Waals surface area contributed by atoms with Gasteiger partial charge < -0.3 is 0 Å². The minimum absolute atomic E-state index is 0.661. The molecule has 2 aromatic carbocycles. The monoisotopic (exact) mass is 662 g/mol. The first-order valence-corrected chi connectivity index (χ1v) is 24.1. The van der Waals surface area contributed by atoms with E-state index in [1.54, 1.807) is 11.1 Å². The maximum absolute atomic E-state index is 2.71. The van der Waals surface area contributed by atoms with Crippen molar-refractivity contribution in [2.24, 2.45) is 0 Å². The predicted octanol–water partition coefficient (Wildman–Crippen LogP) is 7.01. The van der Waals surface area contributed by atoms with Crippen LogP contribution in [0.5, 0.6) is 0 Å². The van der Waals surface area contributed by atoms with Gasteiger partial charge >= 0.3 is 169 Å². The van der Waals surface area contributed by atoms with Crippen LogP contribution in [-0.2, 0) is 42.9 Å². The first-order chi connectivity index (χ1) is 12.0. The number of hydrogen-bond donors (Lipinski definition) is 0. The molecule has 0 saturated heterocycles. The second-order valence-electron chi connectivity index (χ2n) is 7.92. The van der Waals surface area contributed by atoms with E-state index in [-0.39, 0.29) is 0 Å². The number of benzene rings is 2. The molecule has 2 atom stereocenters. The minimum atomic E-state index is -1.83. The Balaban J connectivity index is 1.62. The molecular formula is C23H26Hf2. The molecule has 0 fully saturated rings. The van der Waals surface area contributed by atoms with E-state index >= 15 is 0 Å². The summed E-state index contributed by atoms with van der Waals surface area (Å²) in [5.74, 6) is 0. The average molecular weight is 659 g/mol. The molecule has 0 amide bonds. The molecule has 4 rings (SSSR count). The Kier molecular flexibility index (Phi) is 5.05. The Morgan fingerprint density at radius 3 is 1.52 bits per heavy atom. The summed E-state index contributed by atoms with van der Waals surface area (Å²) in [6.07, 6.45) is 9.86. The van der Waals surface area contributed by atoms with Crippen LogP contribution in [0.25, 0.3) is 12.2 Å². The van der Waals surface area contributed by atoms with Gasteiger partial charge in [-0.1, -0.05) is 0 Å². The van der Waals surface area contributed by atoms with Crippen molar-refractivity contribution in [3.05, 3.63) is 82.9 Å². The normalized spacial score (nSPS) is 20.5. The van der Waals surface area contributed by atoms with Gasteiger partial charge in [-0.15, -0.1) is 0 Å². The molecule has 2 aliphatic carbocycles. The predicted molar refractivity (Wildman–Crippen MR) is 102 cm³/mol. The fourth-order valence-electron chi connectivity index (χ4n) is 4.34. The summed E-state index contributed by atoms with van der Waals surface area (Å²) in [6.45, 7) is 5.31. The Bertz CT molecular complexity index is 777. The first kappa shape index (κ1) is 18.0. The van der Waals surface area contributed by atoms with Crippen molar-refractivity contribution in [3.63, 3.8) is 0 Å². The number of hydrogen-bond acceptors (Lipinski definition) is 0. The second kappa shape index (κ2) is 7.00. The van der Waals surface area contributed by atoms with Gasteiger partial charge in [-0.2, -0.15) is 0 Å². The van der Waals surface area contributed by atoms with Crippen LogP contribution < -0.4 is 0 Å². The van der Waals surface area contributed by atoms with Crippen LogP contribution in [-0.4, -0.2) is 0 Å². The molecule has 2 unspecified atom stereocenters. The van der Waals surface area contributed by atoms with Crippen molar-refractivity contribution in [3.8, 4) is 0 Å². The Labute approximate surface area is 168 Å². The van der Waals surface area contributed by atoms with Gasteiger partial charge in [-0.25, -0.2) is 0 Å². The van der Waals surface area contributed by atoms with Crippen molar-refractivity contribution >= 4 is 12.2 Å². The molecule has 2 aromatic rings. The van der Waals surface area contributed by atoms with Crippen LogP contribution in [0.1, 0.15) is 43.5 Å². The summed E-state index contributed by atoms with van der Waals surface area (Å²) in [6, 6.07) is 18.2. The van der Waals surface area contributed by atoms with Gasteiger partial charge in [0.15, 0.2) is 0 Å². The molecule has 0 radical (unpaired) electrons.